The number of aliphatic hydroxyl groups is 5. The fraction of sp³-hybridized carbons (Fsp3) is 0.192. The molecule has 4 unspecified atom stereocenters. The van der Waals surface area contributed by atoms with Gasteiger partial charge in [-0.05, 0) is 97.2 Å². The number of carboxylic acids is 2. The first-order valence-corrected chi connectivity index (χ1v) is 22.6. The number of carboxylic acid groups (broad SMARTS) is 2. The van der Waals surface area contributed by atoms with Crippen LogP contribution in [0.4, 0.5) is 0 Å². The lowest BCUT2D eigenvalue weighted by Crippen LogP contribution is -2.24. The molecule has 10 aliphatic heterocycles. The Balaban J connectivity index is 0.000000435. The van der Waals surface area contributed by atoms with Crippen LogP contribution in [0, 0.1) is 0 Å². The molecule has 0 saturated carbocycles. The number of aliphatic carboxylic acids is 2. The summed E-state index contributed by atoms with van der Waals surface area (Å²) in [6, 6.07) is 0. The van der Waals surface area contributed by atoms with Gasteiger partial charge in [-0.1, -0.05) is 24.3 Å². The van der Waals surface area contributed by atoms with E-state index in [-0.39, 0.29) is 47.7 Å². The van der Waals surface area contributed by atoms with Crippen molar-refractivity contribution in [3.63, 3.8) is 0 Å². The van der Waals surface area contributed by atoms with Crippen molar-refractivity contribution in [1.29, 1.82) is 0 Å². The summed E-state index contributed by atoms with van der Waals surface area (Å²) in [7, 11) is 0. The zero-order valence-electron chi connectivity index (χ0n) is 41.9. The van der Waals surface area contributed by atoms with Crippen LogP contribution in [0.3, 0.4) is 0 Å². The Hall–Kier alpha value is -10.0. The van der Waals surface area contributed by atoms with Crippen LogP contribution in [-0.4, -0.2) is 112 Å². The second-order valence-corrected chi connectivity index (χ2v) is 14.6. The number of rotatable bonds is 2. The van der Waals surface area contributed by atoms with Crippen molar-refractivity contribution in [1.82, 2.24) is 0 Å². The van der Waals surface area contributed by atoms with Crippen molar-refractivity contribution in [2.45, 2.75) is 25.0 Å². The van der Waals surface area contributed by atoms with Gasteiger partial charge in [0.15, 0.2) is 18.3 Å². The molecule has 21 N–H and O–H groups in total. The van der Waals surface area contributed by atoms with E-state index in [1.807, 2.05) is 18.2 Å². The van der Waals surface area contributed by atoms with Crippen LogP contribution < -0.4 is 40.1 Å². The molecule has 0 aromatic carbocycles. The second kappa shape index (κ2) is 41.3. The molecule has 0 saturated heterocycles. The quantitative estimate of drug-likeness (QED) is 0.189. The number of allylic oxidation sites excluding steroid dienone is 15. The topological polar surface area (TPSA) is 450 Å². The van der Waals surface area contributed by atoms with Gasteiger partial charge in [-0.2, -0.15) is 0 Å². The van der Waals surface area contributed by atoms with E-state index in [9.17, 15) is 9.59 Å². The number of hydrogen-bond donors (Lipinski definition) is 14. The summed E-state index contributed by atoms with van der Waals surface area (Å²) in [6.07, 6.45) is 45.6. The Morgan fingerprint density at radius 1 is 0.500 bits per heavy atom. The molecule has 0 aromatic rings. The van der Waals surface area contributed by atoms with E-state index < -0.39 is 24.5 Å². The monoisotopic (exact) mass is 1090 g/mol. The number of hydrogen-bond acceptors (Lipinski definition) is 24. The van der Waals surface area contributed by atoms with Gasteiger partial charge >= 0.3 is 11.9 Å². The van der Waals surface area contributed by atoms with Gasteiger partial charge in [0.25, 0.3) is 5.95 Å². The van der Waals surface area contributed by atoms with Gasteiger partial charge < -0.3 is 112 Å². The first-order valence-electron chi connectivity index (χ1n) is 22.6. The third-order valence-corrected chi connectivity index (χ3v) is 8.05. The van der Waals surface area contributed by atoms with Crippen LogP contribution in [0.2, 0.25) is 0 Å². The van der Waals surface area contributed by atoms with Crippen LogP contribution in [0.1, 0.15) is 0 Å². The molecule has 26 nitrogen and oxygen atoms in total. The van der Waals surface area contributed by atoms with Gasteiger partial charge in [-0.25, -0.2) is 9.59 Å². The molecule has 0 aliphatic carbocycles. The van der Waals surface area contributed by atoms with Gasteiger partial charge in [0.1, 0.15) is 57.4 Å². The van der Waals surface area contributed by atoms with Gasteiger partial charge in [0, 0.05) is 29.2 Å². The van der Waals surface area contributed by atoms with Crippen LogP contribution >= 0.6 is 0 Å². The second-order valence-electron chi connectivity index (χ2n) is 14.6. The average molecular weight is 1090 g/mol. The highest BCUT2D eigenvalue weighted by Crippen LogP contribution is 2.11. The average Bonchev–Trinajstić information content (AvgIpc) is 3.42. The summed E-state index contributed by atoms with van der Waals surface area (Å²) >= 11 is 0. The SMILES string of the molecule is NC1=CC=CC(N)O1.NC1=CC=COC1.NC1=CCOC=C1.NC1=COCC(N)=C1.NC1C=CC=CO1.O=C(O)C1=COCC(C(=O)O)=C1.OC1=CC=CC(O)O1.OC1=CC=COC1.OC1=CCOC=C1.OC1C=CC=CO1. The number of ether oxygens (including phenoxy) is 10. The lowest BCUT2D eigenvalue weighted by atomic mass is 10.1. The van der Waals surface area contributed by atoms with Crippen molar-refractivity contribution < 1.29 is 92.7 Å². The Labute approximate surface area is 449 Å². The first kappa shape index (κ1) is 66.0. The molecule has 0 radical (unpaired) electrons. The minimum atomic E-state index is -1.20. The summed E-state index contributed by atoms with van der Waals surface area (Å²) in [4.78, 5) is 20.7. The minimum Gasteiger partial charge on any atom is -0.509 e. The number of nitrogens with two attached hydrogens (primary N) is 7. The molecule has 0 fully saturated rings. The van der Waals surface area contributed by atoms with E-state index in [4.69, 9.17) is 104 Å². The molecule has 10 heterocycles. The molecule has 4 atom stereocenters. The van der Waals surface area contributed by atoms with Gasteiger partial charge in [0.2, 0.25) is 12.6 Å². The fourth-order valence-electron chi connectivity index (χ4n) is 4.52. The minimum absolute atomic E-state index is 0.0603. The van der Waals surface area contributed by atoms with Crippen LogP contribution in [0.5, 0.6) is 0 Å². The van der Waals surface area contributed by atoms with Crippen molar-refractivity contribution in [3.05, 3.63) is 241 Å². The molecule has 0 spiro atoms. The Kier molecular flexibility index (Phi) is 35.0. The Bertz CT molecular complexity index is 2380. The van der Waals surface area contributed by atoms with E-state index in [2.05, 4.69) is 18.9 Å². The lowest BCUT2D eigenvalue weighted by Gasteiger charge is -2.12. The highest BCUT2D eigenvalue weighted by atomic mass is 16.7. The summed E-state index contributed by atoms with van der Waals surface area (Å²) in [6.45, 7) is 2.32. The van der Waals surface area contributed by atoms with Gasteiger partial charge in [-0.15, -0.1) is 0 Å². The molecule has 10 rings (SSSR count). The van der Waals surface area contributed by atoms with Crippen molar-refractivity contribution in [2.24, 2.45) is 40.1 Å². The first-order chi connectivity index (χ1) is 37.3. The molecule has 0 aromatic heterocycles. The maximum atomic E-state index is 10.4. The van der Waals surface area contributed by atoms with Crippen molar-refractivity contribution >= 4 is 11.9 Å². The highest BCUT2D eigenvalue weighted by Gasteiger charge is 2.16. The van der Waals surface area contributed by atoms with E-state index in [0.717, 1.165) is 23.7 Å². The lowest BCUT2D eigenvalue weighted by molar-refractivity contribution is -0.133. The summed E-state index contributed by atoms with van der Waals surface area (Å²) in [5.74, 6) is -1.68. The predicted molar refractivity (Wildman–Crippen MR) is 284 cm³/mol. The number of carbonyl (C=O) groups is 2. The van der Waals surface area contributed by atoms with Gasteiger partial charge in [-0.3, -0.25) is 11.5 Å². The standard InChI is InChI=1S/C7H6O5.2C5H8N2O.3C5H7NO.C5H6O3.3C5H6O2/c8-6(9)4-1-5(7(10)11)3-12-2-4;6-4-1-5(7)3-8-2-4;6-4-2-1-3-5(7)8-4;6-5-1-3-7-4-2-5;6-5-2-1-3-7-4-5;6-5-3-1-2-4-7-5;6-4-2-1-3-5(7)8-4;6-5-1-3-7-4-2-5;6-5-2-1-3-7-4-5;6-5-3-1-2-4-7-5/h1-2H,3H2,(H,8,9)(H,10,11);1-2H,3,6-7H2;1-4H,6-7H2;2*1-3H,4,6H2;1-5H,6H2;1-4,6-7H;2*1-3,6H,4H2;1-6H. The smallest absolute Gasteiger partial charge is 0.338 e. The van der Waals surface area contributed by atoms with Crippen LogP contribution in [0.15, 0.2) is 241 Å². The van der Waals surface area contributed by atoms with E-state index in [1.165, 1.54) is 43.1 Å². The number of aliphatic hydroxyl groups excluding tert-OH is 5. The molecular weight excluding hydrogens is 1030 g/mol. The Morgan fingerprint density at radius 3 is 1.42 bits per heavy atom. The zero-order chi connectivity index (χ0) is 57.8. The molecule has 26 heteroatoms. The molecular formula is C52H67N7O19. The van der Waals surface area contributed by atoms with Crippen LogP contribution in [0.25, 0.3) is 0 Å². The van der Waals surface area contributed by atoms with E-state index in [0.29, 0.717) is 50.3 Å². The normalized spacial score (nSPS) is 21.1. The summed E-state index contributed by atoms with van der Waals surface area (Å²) < 4.78 is 47.0. The highest BCUT2D eigenvalue weighted by molar-refractivity contribution is 5.95. The van der Waals surface area contributed by atoms with Gasteiger partial charge in [0.05, 0.1) is 60.7 Å². The van der Waals surface area contributed by atoms with Crippen molar-refractivity contribution in [2.75, 3.05) is 39.6 Å². The fourth-order valence-corrected chi connectivity index (χ4v) is 4.52. The molecule has 78 heavy (non-hydrogen) atoms. The largest absolute Gasteiger partial charge is 0.509 e. The maximum Gasteiger partial charge on any atom is 0.338 e. The maximum absolute atomic E-state index is 10.4. The molecule has 0 bridgehead atoms. The molecule has 10 aliphatic rings. The zero-order valence-corrected chi connectivity index (χ0v) is 41.9. The van der Waals surface area contributed by atoms with Crippen LogP contribution in [-0.2, 0) is 57.0 Å². The summed E-state index contributed by atoms with van der Waals surface area (Å²) in [5, 5.41) is 59.7. The molecule has 424 valence electrons. The Morgan fingerprint density at radius 2 is 1.12 bits per heavy atom. The summed E-state index contributed by atoms with van der Waals surface area (Å²) in [5.41, 5.74) is 39.7. The predicted octanol–water partition coefficient (Wildman–Crippen LogP) is 3.07. The molecule has 0 amide bonds. The third-order valence-electron chi connectivity index (χ3n) is 8.05. The van der Waals surface area contributed by atoms with E-state index >= 15 is 0 Å². The van der Waals surface area contributed by atoms with E-state index in [1.54, 1.807) is 110 Å². The third kappa shape index (κ3) is 37.7. The van der Waals surface area contributed by atoms with Crippen molar-refractivity contribution in [3.8, 4) is 0 Å².